The number of aliphatic hydroxyl groups is 1. The summed E-state index contributed by atoms with van der Waals surface area (Å²) in [5.41, 5.74) is -2.59. The monoisotopic (exact) mass is 321 g/mol. The van der Waals surface area contributed by atoms with Crippen LogP contribution in [0, 0.1) is 6.92 Å². The number of aliphatic hydroxyl groups excluding tert-OH is 1. The molecule has 0 aromatic carbocycles. The summed E-state index contributed by atoms with van der Waals surface area (Å²) in [6, 6.07) is 0. The van der Waals surface area contributed by atoms with Gasteiger partial charge < -0.3 is 9.84 Å². The molecule has 0 unspecified atom stereocenters. The predicted molar refractivity (Wildman–Crippen MR) is 69.2 cm³/mol. The molecule has 3 atom stereocenters. The number of ether oxygens (including phenoxy) is 1. The fraction of sp³-hybridized carbons (Fsp3) is 0.500. The number of H-pyrrole nitrogens is 1. The molecule has 0 aliphatic carbocycles. The first kappa shape index (κ1) is 16.0. The maximum Gasteiger partial charge on any atom is 0.481 e. The number of nitrogens with zero attached hydrogens (tertiary/aromatic N) is 1. The van der Waals surface area contributed by atoms with Crippen LogP contribution in [0.15, 0.2) is 15.8 Å². The van der Waals surface area contributed by atoms with Gasteiger partial charge in [-0.1, -0.05) is 0 Å². The lowest BCUT2D eigenvalue weighted by atomic mass is 10.2. The second-order valence-corrected chi connectivity index (χ2v) is 6.28. The Labute approximate surface area is 117 Å². The second-order valence-electron chi connectivity index (χ2n) is 4.70. The average molecular weight is 321 g/mol. The molecule has 0 radical (unpaired) electrons. The average Bonchev–Trinajstić information content (AvgIpc) is 2.73. The molecule has 1 aromatic heterocycles. The summed E-state index contributed by atoms with van der Waals surface area (Å²) in [6.45, 7) is 1.45. The number of rotatable bonds is 3. The molecule has 0 spiro atoms. The van der Waals surface area contributed by atoms with Crippen LogP contribution in [-0.2, 0) is 9.53 Å². The fourth-order valence-corrected chi connectivity index (χ4v) is 2.59. The van der Waals surface area contributed by atoms with Crippen LogP contribution in [0.25, 0.3) is 0 Å². The van der Waals surface area contributed by atoms with Gasteiger partial charge in [-0.15, -0.1) is 0 Å². The van der Waals surface area contributed by atoms with Crippen LogP contribution in [0.2, 0.25) is 0 Å². The lowest BCUT2D eigenvalue weighted by molar-refractivity contribution is -0.129. The largest absolute Gasteiger partial charge is 0.481 e. The Hall–Kier alpha value is -1.42. The Morgan fingerprint density at radius 3 is 2.62 bits per heavy atom. The Morgan fingerprint density at radius 1 is 1.43 bits per heavy atom. The number of aromatic amines is 1. The van der Waals surface area contributed by atoms with Crippen molar-refractivity contribution >= 4 is 13.5 Å². The van der Waals surface area contributed by atoms with Crippen molar-refractivity contribution in [2.75, 3.05) is 0 Å². The Bertz CT molecular complexity index is 675. The number of hydrogen-bond donors (Lipinski definition) is 5. The first-order valence-electron chi connectivity index (χ1n) is 5.88. The van der Waals surface area contributed by atoms with E-state index in [4.69, 9.17) is 19.4 Å². The van der Waals surface area contributed by atoms with E-state index in [9.17, 15) is 19.5 Å². The van der Waals surface area contributed by atoms with Crippen molar-refractivity contribution in [2.24, 2.45) is 0 Å². The molecule has 0 bridgehead atoms. The maximum absolute atomic E-state index is 11.7. The Kier molecular flexibility index (Phi) is 4.11. The fourth-order valence-electron chi connectivity index (χ4n) is 2.02. The normalized spacial score (nSPS) is 26.0. The van der Waals surface area contributed by atoms with Crippen molar-refractivity contribution < 1.29 is 29.3 Å². The maximum atomic E-state index is 11.7. The molecular weight excluding hydrogens is 307 g/mol. The van der Waals surface area contributed by atoms with Crippen LogP contribution in [0.1, 0.15) is 18.2 Å². The van der Waals surface area contributed by atoms with Gasteiger partial charge in [0.15, 0.2) is 6.10 Å². The molecule has 0 saturated carbocycles. The van der Waals surface area contributed by atoms with E-state index < -0.39 is 43.2 Å². The lowest BCUT2D eigenvalue weighted by Crippen LogP contribution is -2.34. The Balaban J connectivity index is 2.30. The van der Waals surface area contributed by atoms with Crippen molar-refractivity contribution in [3.63, 3.8) is 0 Å². The van der Waals surface area contributed by atoms with Crippen LogP contribution in [-0.4, -0.2) is 47.1 Å². The summed E-state index contributed by atoms with van der Waals surface area (Å²) >= 11 is 0. The molecule has 1 fully saturated rings. The molecule has 2 rings (SSSR count). The van der Waals surface area contributed by atoms with Crippen molar-refractivity contribution in [2.45, 2.75) is 31.8 Å². The predicted octanol–water partition coefficient (Wildman–Crippen LogP) is -2.24. The van der Waals surface area contributed by atoms with Crippen molar-refractivity contribution in [3.8, 4) is 0 Å². The number of aryl methyl sites for hydroxylation is 1. The summed E-state index contributed by atoms with van der Waals surface area (Å²) < 4.78 is 6.08. The molecule has 5 N–H and O–H groups in total. The minimum Gasteiger partial charge on any atom is -0.390 e. The zero-order valence-corrected chi connectivity index (χ0v) is 11.7. The number of aromatic nitrogens is 2. The highest BCUT2D eigenvalue weighted by atomic mass is 31.2. The van der Waals surface area contributed by atoms with E-state index in [1.165, 1.54) is 13.1 Å². The SMILES string of the molecule is Cc1cn([C@H]2C[C@H](O)[C@@H](C(=O)[P+](O)(O)O)O2)c(=O)[nH]c1=O. The first-order valence-corrected chi connectivity index (χ1v) is 7.53. The van der Waals surface area contributed by atoms with Crippen LogP contribution in [0.3, 0.4) is 0 Å². The van der Waals surface area contributed by atoms with Crippen molar-refractivity contribution in [3.05, 3.63) is 32.6 Å². The number of nitrogens with one attached hydrogen (secondary N) is 1. The molecule has 116 valence electrons. The van der Waals surface area contributed by atoms with Gasteiger partial charge in [-0.25, -0.2) is 9.59 Å². The number of carbonyl (C=O) groups is 1. The Morgan fingerprint density at radius 2 is 2.05 bits per heavy atom. The minimum absolute atomic E-state index is 0.193. The molecule has 1 aliphatic rings. The van der Waals surface area contributed by atoms with Gasteiger partial charge in [0.05, 0.1) is 6.10 Å². The van der Waals surface area contributed by atoms with Gasteiger partial charge in [-0.3, -0.25) is 14.3 Å². The summed E-state index contributed by atoms with van der Waals surface area (Å²) in [7, 11) is -4.81. The van der Waals surface area contributed by atoms with E-state index in [1.54, 1.807) is 0 Å². The molecule has 1 aliphatic heterocycles. The minimum atomic E-state index is -4.81. The van der Waals surface area contributed by atoms with Gasteiger partial charge in [0.1, 0.15) is 6.23 Å². The molecule has 10 nitrogen and oxygen atoms in total. The molecular formula is C10H14N2O8P+. The van der Waals surface area contributed by atoms with Crippen molar-refractivity contribution in [1.82, 2.24) is 9.55 Å². The van der Waals surface area contributed by atoms with Crippen molar-refractivity contribution in [1.29, 1.82) is 0 Å². The van der Waals surface area contributed by atoms with Crippen LogP contribution in [0.5, 0.6) is 0 Å². The topological polar surface area (TPSA) is 162 Å². The second kappa shape index (κ2) is 5.41. The first-order chi connectivity index (χ1) is 9.61. The lowest BCUT2D eigenvalue weighted by Gasteiger charge is -2.14. The molecule has 0 amide bonds. The summed E-state index contributed by atoms with van der Waals surface area (Å²) in [5, 5.41) is 9.72. The van der Waals surface area contributed by atoms with Gasteiger partial charge in [0, 0.05) is 18.2 Å². The third-order valence-corrected chi connectivity index (χ3v) is 3.94. The van der Waals surface area contributed by atoms with E-state index in [0.29, 0.717) is 0 Å². The summed E-state index contributed by atoms with van der Waals surface area (Å²) in [6.07, 6.45) is -3.16. The van der Waals surface area contributed by atoms with Gasteiger partial charge in [0.2, 0.25) is 0 Å². The summed E-state index contributed by atoms with van der Waals surface area (Å²) in [5.74, 6) is 0. The van der Waals surface area contributed by atoms with Gasteiger partial charge in [0.25, 0.3) is 5.56 Å². The highest BCUT2D eigenvalue weighted by molar-refractivity contribution is 7.76. The standard InChI is InChI=1S/C10H13N2O8P/c1-4-3-12(10(16)11-8(4)14)6-2-5(13)7(20-6)9(15)21(17,18)19/h3,5-7,13,17-19H,2H2,1H3/p+1/t5-,6+,7-/m0/s1. The number of hydrogen-bond acceptors (Lipinski definition) is 8. The third-order valence-electron chi connectivity index (χ3n) is 3.09. The van der Waals surface area contributed by atoms with E-state index in [1.807, 2.05) is 4.98 Å². The quantitative estimate of drug-likeness (QED) is 0.390. The zero-order chi connectivity index (χ0) is 15.9. The van der Waals surface area contributed by atoms with E-state index in [2.05, 4.69) is 0 Å². The third kappa shape index (κ3) is 3.10. The van der Waals surface area contributed by atoms with Crippen LogP contribution < -0.4 is 11.2 Å². The van der Waals surface area contributed by atoms with E-state index >= 15 is 0 Å². The molecule has 1 aromatic rings. The number of carbonyl (C=O) groups excluding carboxylic acids is 1. The van der Waals surface area contributed by atoms with E-state index in [0.717, 1.165) is 4.57 Å². The van der Waals surface area contributed by atoms with Crippen LogP contribution >= 0.6 is 7.94 Å². The van der Waals surface area contributed by atoms with Crippen LogP contribution in [0.4, 0.5) is 0 Å². The highest BCUT2D eigenvalue weighted by Crippen LogP contribution is 2.49. The zero-order valence-electron chi connectivity index (χ0n) is 10.8. The summed E-state index contributed by atoms with van der Waals surface area (Å²) in [4.78, 5) is 63.3. The molecule has 2 heterocycles. The van der Waals surface area contributed by atoms with Gasteiger partial charge in [-0.05, 0) is 6.92 Å². The molecule has 21 heavy (non-hydrogen) atoms. The molecule has 1 saturated heterocycles. The van der Waals surface area contributed by atoms with Gasteiger partial charge in [-0.2, -0.15) is 14.7 Å². The van der Waals surface area contributed by atoms with E-state index in [-0.39, 0.29) is 12.0 Å². The molecule has 11 heteroatoms. The smallest absolute Gasteiger partial charge is 0.390 e. The van der Waals surface area contributed by atoms with Gasteiger partial charge >= 0.3 is 19.2 Å². The highest BCUT2D eigenvalue weighted by Gasteiger charge is 2.54.